The maximum absolute atomic E-state index is 5.65. The van der Waals surface area contributed by atoms with Crippen molar-refractivity contribution < 1.29 is 9.47 Å². The van der Waals surface area contributed by atoms with Crippen LogP contribution in [0.4, 0.5) is 5.69 Å². The SMILES string of the molecule is c1ccc2c(c1)CCN2Cc1ccc2c(c1)OCCO2. The molecule has 3 nitrogen and oxygen atoms in total. The molecule has 0 aromatic heterocycles. The van der Waals surface area contributed by atoms with Crippen molar-refractivity contribution in [2.45, 2.75) is 13.0 Å². The molecule has 0 aliphatic carbocycles. The lowest BCUT2D eigenvalue weighted by Crippen LogP contribution is -2.20. The summed E-state index contributed by atoms with van der Waals surface area (Å²) in [5.41, 5.74) is 4.08. The predicted octanol–water partition coefficient (Wildman–Crippen LogP) is 3.02. The minimum atomic E-state index is 0.642. The molecule has 20 heavy (non-hydrogen) atoms. The van der Waals surface area contributed by atoms with E-state index in [0.717, 1.165) is 31.0 Å². The summed E-state index contributed by atoms with van der Waals surface area (Å²) in [5.74, 6) is 1.74. The Bertz CT molecular complexity index is 639. The molecule has 0 spiro atoms. The number of benzene rings is 2. The highest BCUT2D eigenvalue weighted by Crippen LogP contribution is 2.33. The summed E-state index contributed by atoms with van der Waals surface area (Å²) in [5, 5.41) is 0. The maximum Gasteiger partial charge on any atom is 0.161 e. The van der Waals surface area contributed by atoms with Gasteiger partial charge in [0.1, 0.15) is 13.2 Å². The third-order valence-corrected chi connectivity index (χ3v) is 3.96. The van der Waals surface area contributed by atoms with E-state index in [1.54, 1.807) is 0 Å². The highest BCUT2D eigenvalue weighted by atomic mass is 16.6. The van der Waals surface area contributed by atoms with Gasteiger partial charge in [0.2, 0.25) is 0 Å². The van der Waals surface area contributed by atoms with Crippen molar-refractivity contribution in [3.8, 4) is 11.5 Å². The third-order valence-electron chi connectivity index (χ3n) is 3.96. The zero-order chi connectivity index (χ0) is 13.4. The monoisotopic (exact) mass is 267 g/mol. The van der Waals surface area contributed by atoms with Crippen molar-refractivity contribution in [1.82, 2.24) is 0 Å². The van der Waals surface area contributed by atoms with Gasteiger partial charge in [-0.1, -0.05) is 24.3 Å². The van der Waals surface area contributed by atoms with Gasteiger partial charge in [-0.25, -0.2) is 0 Å². The lowest BCUT2D eigenvalue weighted by Gasteiger charge is -2.22. The van der Waals surface area contributed by atoms with Gasteiger partial charge in [0, 0.05) is 18.8 Å². The Morgan fingerprint density at radius 3 is 2.75 bits per heavy atom. The Kier molecular flexibility index (Phi) is 2.76. The summed E-state index contributed by atoms with van der Waals surface area (Å²) in [6.45, 7) is 3.30. The summed E-state index contributed by atoms with van der Waals surface area (Å²) in [4.78, 5) is 2.43. The molecule has 2 aromatic carbocycles. The van der Waals surface area contributed by atoms with Crippen molar-refractivity contribution in [2.24, 2.45) is 0 Å². The Balaban J connectivity index is 1.58. The first-order valence-electron chi connectivity index (χ1n) is 7.11. The summed E-state index contributed by atoms with van der Waals surface area (Å²) < 4.78 is 11.2. The van der Waals surface area contributed by atoms with Crippen molar-refractivity contribution in [1.29, 1.82) is 0 Å². The lowest BCUT2D eigenvalue weighted by atomic mass is 10.1. The van der Waals surface area contributed by atoms with Crippen LogP contribution < -0.4 is 14.4 Å². The zero-order valence-electron chi connectivity index (χ0n) is 11.3. The molecule has 3 heteroatoms. The molecule has 2 aliphatic rings. The molecule has 0 amide bonds. The number of anilines is 1. The molecular weight excluding hydrogens is 250 g/mol. The largest absolute Gasteiger partial charge is 0.486 e. The van der Waals surface area contributed by atoms with Gasteiger partial charge in [-0.15, -0.1) is 0 Å². The number of hydrogen-bond donors (Lipinski definition) is 0. The molecule has 0 N–H and O–H groups in total. The van der Waals surface area contributed by atoms with Crippen LogP contribution in [0.5, 0.6) is 11.5 Å². The Labute approximate surface area is 118 Å². The van der Waals surface area contributed by atoms with E-state index in [-0.39, 0.29) is 0 Å². The van der Waals surface area contributed by atoms with E-state index in [1.807, 2.05) is 6.07 Å². The van der Waals surface area contributed by atoms with Crippen LogP contribution >= 0.6 is 0 Å². The standard InChI is InChI=1S/C17H17NO2/c1-2-4-15-14(3-1)7-8-18(15)12-13-5-6-16-17(11-13)20-10-9-19-16/h1-6,11H,7-10,12H2. The highest BCUT2D eigenvalue weighted by molar-refractivity contribution is 5.58. The first-order chi connectivity index (χ1) is 9.90. The number of para-hydroxylation sites is 1. The molecule has 0 radical (unpaired) electrons. The molecule has 0 bridgehead atoms. The molecule has 2 heterocycles. The van der Waals surface area contributed by atoms with E-state index in [2.05, 4.69) is 41.3 Å². The Morgan fingerprint density at radius 1 is 0.950 bits per heavy atom. The van der Waals surface area contributed by atoms with Crippen molar-refractivity contribution in [3.63, 3.8) is 0 Å². The second-order valence-electron chi connectivity index (χ2n) is 5.28. The van der Waals surface area contributed by atoms with Gasteiger partial charge in [0.15, 0.2) is 11.5 Å². The first kappa shape index (κ1) is 11.6. The van der Waals surface area contributed by atoms with Crippen molar-refractivity contribution >= 4 is 5.69 Å². The van der Waals surface area contributed by atoms with Crippen LogP contribution in [-0.4, -0.2) is 19.8 Å². The lowest BCUT2D eigenvalue weighted by molar-refractivity contribution is 0.171. The van der Waals surface area contributed by atoms with Gasteiger partial charge in [0.05, 0.1) is 0 Å². The van der Waals surface area contributed by atoms with Crippen LogP contribution in [0.3, 0.4) is 0 Å². The van der Waals surface area contributed by atoms with Gasteiger partial charge in [-0.3, -0.25) is 0 Å². The fraction of sp³-hybridized carbons (Fsp3) is 0.294. The second kappa shape index (κ2) is 4.75. The number of ether oxygens (including phenoxy) is 2. The topological polar surface area (TPSA) is 21.7 Å². The van der Waals surface area contributed by atoms with Crippen LogP contribution in [0, 0.1) is 0 Å². The van der Waals surface area contributed by atoms with Crippen LogP contribution in [0.15, 0.2) is 42.5 Å². The summed E-state index contributed by atoms with van der Waals surface area (Å²) in [6, 6.07) is 14.9. The number of hydrogen-bond acceptors (Lipinski definition) is 3. The first-order valence-corrected chi connectivity index (χ1v) is 7.11. The molecule has 0 saturated carbocycles. The molecular formula is C17H17NO2. The van der Waals surface area contributed by atoms with E-state index < -0.39 is 0 Å². The van der Waals surface area contributed by atoms with Gasteiger partial charge in [-0.05, 0) is 35.7 Å². The average molecular weight is 267 g/mol. The van der Waals surface area contributed by atoms with Gasteiger partial charge < -0.3 is 14.4 Å². The van der Waals surface area contributed by atoms with Crippen LogP contribution in [0.1, 0.15) is 11.1 Å². The summed E-state index contributed by atoms with van der Waals surface area (Å²) in [6.07, 6.45) is 1.14. The molecule has 0 unspecified atom stereocenters. The Hall–Kier alpha value is -2.16. The third kappa shape index (κ3) is 1.99. The second-order valence-corrected chi connectivity index (χ2v) is 5.28. The number of nitrogens with zero attached hydrogens (tertiary/aromatic N) is 1. The van der Waals surface area contributed by atoms with Gasteiger partial charge in [-0.2, -0.15) is 0 Å². The summed E-state index contributed by atoms with van der Waals surface area (Å²) in [7, 11) is 0. The fourth-order valence-electron chi connectivity index (χ4n) is 2.98. The van der Waals surface area contributed by atoms with E-state index in [4.69, 9.17) is 9.47 Å². The normalized spacial score (nSPS) is 16.1. The number of rotatable bonds is 2. The van der Waals surface area contributed by atoms with Gasteiger partial charge >= 0.3 is 0 Å². The molecule has 2 aliphatic heterocycles. The van der Waals surface area contributed by atoms with Crippen molar-refractivity contribution in [2.75, 3.05) is 24.7 Å². The smallest absolute Gasteiger partial charge is 0.161 e. The van der Waals surface area contributed by atoms with E-state index >= 15 is 0 Å². The summed E-state index contributed by atoms with van der Waals surface area (Å²) >= 11 is 0. The molecule has 0 atom stereocenters. The van der Waals surface area contributed by atoms with Crippen LogP contribution in [-0.2, 0) is 13.0 Å². The van der Waals surface area contributed by atoms with Crippen LogP contribution in [0.25, 0.3) is 0 Å². The van der Waals surface area contributed by atoms with E-state index in [9.17, 15) is 0 Å². The maximum atomic E-state index is 5.65. The fourth-order valence-corrected chi connectivity index (χ4v) is 2.98. The molecule has 4 rings (SSSR count). The minimum absolute atomic E-state index is 0.642. The van der Waals surface area contributed by atoms with E-state index in [0.29, 0.717) is 13.2 Å². The minimum Gasteiger partial charge on any atom is -0.486 e. The predicted molar refractivity (Wildman–Crippen MR) is 78.6 cm³/mol. The van der Waals surface area contributed by atoms with Crippen LogP contribution in [0.2, 0.25) is 0 Å². The Morgan fingerprint density at radius 2 is 1.80 bits per heavy atom. The molecule has 0 saturated heterocycles. The molecule has 2 aromatic rings. The molecule has 102 valence electrons. The van der Waals surface area contributed by atoms with Gasteiger partial charge in [0.25, 0.3) is 0 Å². The van der Waals surface area contributed by atoms with Crippen molar-refractivity contribution in [3.05, 3.63) is 53.6 Å². The quantitative estimate of drug-likeness (QED) is 0.835. The molecule has 0 fully saturated rings. The van der Waals surface area contributed by atoms with E-state index in [1.165, 1.54) is 16.8 Å². The highest BCUT2D eigenvalue weighted by Gasteiger charge is 2.19. The average Bonchev–Trinajstić information content (AvgIpc) is 2.91. The number of fused-ring (bicyclic) bond motifs is 2. The zero-order valence-corrected chi connectivity index (χ0v) is 11.3.